The van der Waals surface area contributed by atoms with Crippen LogP contribution in [0.5, 0.6) is 0 Å². The number of rotatable bonds is 3. The fourth-order valence-electron chi connectivity index (χ4n) is 1.33. The van der Waals surface area contributed by atoms with Gasteiger partial charge in [-0.1, -0.05) is 40.4 Å². The largest absolute Gasteiger partial charge is 0.324 e. The van der Waals surface area contributed by atoms with E-state index < -0.39 is 0 Å². The van der Waals surface area contributed by atoms with E-state index in [1.165, 1.54) is 0 Å². The van der Waals surface area contributed by atoms with Crippen LogP contribution in [0, 0.1) is 0 Å². The highest BCUT2D eigenvalue weighted by Gasteiger charge is 2.13. The van der Waals surface area contributed by atoms with Crippen LogP contribution >= 0.6 is 47.2 Å². The first-order valence-corrected chi connectivity index (χ1v) is 5.59. The van der Waals surface area contributed by atoms with Gasteiger partial charge < -0.3 is 5.73 Å². The van der Waals surface area contributed by atoms with Crippen molar-refractivity contribution in [1.82, 2.24) is 0 Å². The van der Waals surface area contributed by atoms with E-state index in [2.05, 4.69) is 6.58 Å². The van der Waals surface area contributed by atoms with Crippen molar-refractivity contribution in [2.75, 3.05) is 0 Å². The average molecular weight is 301 g/mol. The van der Waals surface area contributed by atoms with Crippen molar-refractivity contribution in [2.24, 2.45) is 5.73 Å². The fourth-order valence-corrected chi connectivity index (χ4v) is 2.09. The van der Waals surface area contributed by atoms with Crippen molar-refractivity contribution in [3.05, 3.63) is 44.9 Å². The molecular weight excluding hydrogens is 288 g/mol. The summed E-state index contributed by atoms with van der Waals surface area (Å²) in [5.41, 5.74) is 7.73. The minimum Gasteiger partial charge on any atom is -0.324 e. The van der Waals surface area contributed by atoms with Crippen LogP contribution in [0.2, 0.25) is 15.1 Å². The standard InChI is InChI=1S/C11H12Cl3N.ClH/c1-6(2)3-10(15)8-4-7(12)5-9(13)11(8)14;/h4-5,10H,1,3,15H2,2H3;1H/t10-;/m1./s1. The Morgan fingerprint density at radius 1 is 1.38 bits per heavy atom. The maximum Gasteiger partial charge on any atom is 0.0641 e. The number of hydrogen-bond acceptors (Lipinski definition) is 1. The van der Waals surface area contributed by atoms with E-state index in [4.69, 9.17) is 40.5 Å². The van der Waals surface area contributed by atoms with Crippen molar-refractivity contribution >= 4 is 47.2 Å². The molecule has 5 heteroatoms. The minimum atomic E-state index is -0.216. The van der Waals surface area contributed by atoms with E-state index in [1.54, 1.807) is 12.1 Å². The molecule has 90 valence electrons. The molecule has 0 amide bonds. The molecule has 0 unspecified atom stereocenters. The van der Waals surface area contributed by atoms with Crippen LogP contribution < -0.4 is 5.73 Å². The Morgan fingerprint density at radius 2 is 1.94 bits per heavy atom. The zero-order chi connectivity index (χ0) is 11.6. The van der Waals surface area contributed by atoms with Gasteiger partial charge in [-0.3, -0.25) is 0 Å². The number of halogens is 4. The summed E-state index contributed by atoms with van der Waals surface area (Å²) in [5.74, 6) is 0. The predicted molar refractivity (Wildman–Crippen MR) is 75.1 cm³/mol. The quantitative estimate of drug-likeness (QED) is 0.614. The summed E-state index contributed by atoms with van der Waals surface area (Å²) >= 11 is 17.8. The summed E-state index contributed by atoms with van der Waals surface area (Å²) in [4.78, 5) is 0. The Hall–Kier alpha value is 0.0800. The molecule has 0 aliphatic carbocycles. The van der Waals surface area contributed by atoms with Gasteiger partial charge in [-0.2, -0.15) is 0 Å². The third kappa shape index (κ3) is 4.15. The first kappa shape index (κ1) is 16.1. The lowest BCUT2D eigenvalue weighted by molar-refractivity contribution is 0.717. The first-order chi connectivity index (χ1) is 6.91. The summed E-state index contributed by atoms with van der Waals surface area (Å²) in [6, 6.07) is 3.12. The maximum absolute atomic E-state index is 6.04. The second-order valence-electron chi connectivity index (χ2n) is 3.56. The molecule has 0 spiro atoms. The van der Waals surface area contributed by atoms with E-state index in [0.717, 1.165) is 11.1 Å². The lowest BCUT2D eigenvalue weighted by Gasteiger charge is -2.14. The summed E-state index contributed by atoms with van der Waals surface area (Å²) < 4.78 is 0. The van der Waals surface area contributed by atoms with Crippen LogP contribution in [0.1, 0.15) is 24.9 Å². The number of nitrogens with two attached hydrogens (primary N) is 1. The Kier molecular flexibility index (Phi) is 6.76. The zero-order valence-corrected chi connectivity index (χ0v) is 11.9. The Balaban J connectivity index is 0.00000225. The lowest BCUT2D eigenvalue weighted by Crippen LogP contribution is -2.11. The van der Waals surface area contributed by atoms with Crippen LogP contribution in [0.4, 0.5) is 0 Å². The van der Waals surface area contributed by atoms with Crippen molar-refractivity contribution in [3.63, 3.8) is 0 Å². The van der Waals surface area contributed by atoms with Gasteiger partial charge in [0.15, 0.2) is 0 Å². The summed E-state index contributed by atoms with van der Waals surface area (Å²) in [7, 11) is 0. The molecule has 0 aromatic heterocycles. The second-order valence-corrected chi connectivity index (χ2v) is 4.78. The van der Waals surface area contributed by atoms with Gasteiger partial charge in [-0.25, -0.2) is 0 Å². The smallest absolute Gasteiger partial charge is 0.0641 e. The topological polar surface area (TPSA) is 26.0 Å². The summed E-state index contributed by atoms with van der Waals surface area (Å²) in [5, 5.41) is 1.43. The van der Waals surface area contributed by atoms with Crippen molar-refractivity contribution in [2.45, 2.75) is 19.4 Å². The molecule has 0 aliphatic rings. The molecule has 0 radical (unpaired) electrons. The highest BCUT2D eigenvalue weighted by Crippen LogP contribution is 2.34. The van der Waals surface area contributed by atoms with E-state index >= 15 is 0 Å². The molecule has 1 atom stereocenters. The average Bonchev–Trinajstić information content (AvgIpc) is 2.09. The van der Waals surface area contributed by atoms with E-state index in [1.807, 2.05) is 6.92 Å². The van der Waals surface area contributed by atoms with Gasteiger partial charge in [0.1, 0.15) is 0 Å². The Bertz CT molecular complexity index is 390. The molecular formula is C11H13Cl4N. The molecule has 1 aromatic carbocycles. The summed E-state index contributed by atoms with van der Waals surface area (Å²) in [6.07, 6.45) is 0.663. The van der Waals surface area contributed by atoms with Crippen molar-refractivity contribution in [3.8, 4) is 0 Å². The van der Waals surface area contributed by atoms with E-state index in [-0.39, 0.29) is 18.4 Å². The predicted octanol–water partition coefficient (Wildman–Crippen LogP) is 5.03. The van der Waals surface area contributed by atoms with Gasteiger partial charge in [0.25, 0.3) is 0 Å². The molecule has 0 fully saturated rings. The second kappa shape index (κ2) is 6.73. The molecule has 0 saturated carbocycles. The van der Waals surface area contributed by atoms with E-state index in [9.17, 15) is 0 Å². The van der Waals surface area contributed by atoms with Gasteiger partial charge in [0.05, 0.1) is 10.0 Å². The molecule has 1 aromatic rings. The van der Waals surface area contributed by atoms with Crippen LogP contribution in [0.25, 0.3) is 0 Å². The minimum absolute atomic E-state index is 0. The first-order valence-electron chi connectivity index (χ1n) is 4.46. The Morgan fingerprint density at radius 3 is 2.44 bits per heavy atom. The highest BCUT2D eigenvalue weighted by molar-refractivity contribution is 6.43. The lowest BCUT2D eigenvalue weighted by atomic mass is 10.0. The zero-order valence-electron chi connectivity index (χ0n) is 8.77. The molecule has 1 nitrogen and oxygen atoms in total. The van der Waals surface area contributed by atoms with Crippen molar-refractivity contribution < 1.29 is 0 Å². The fraction of sp³-hybridized carbons (Fsp3) is 0.273. The monoisotopic (exact) mass is 299 g/mol. The molecule has 0 heterocycles. The number of benzene rings is 1. The molecule has 1 rings (SSSR count). The van der Waals surface area contributed by atoms with Gasteiger partial charge >= 0.3 is 0 Å². The van der Waals surface area contributed by atoms with E-state index in [0.29, 0.717) is 21.5 Å². The molecule has 16 heavy (non-hydrogen) atoms. The normalized spacial score (nSPS) is 11.8. The Labute approximate surface area is 117 Å². The van der Waals surface area contributed by atoms with Crippen LogP contribution in [0.3, 0.4) is 0 Å². The van der Waals surface area contributed by atoms with Gasteiger partial charge in [0.2, 0.25) is 0 Å². The van der Waals surface area contributed by atoms with Crippen LogP contribution in [-0.4, -0.2) is 0 Å². The van der Waals surface area contributed by atoms with Crippen LogP contribution in [0.15, 0.2) is 24.3 Å². The SMILES string of the molecule is C=C(C)C[C@@H](N)c1cc(Cl)cc(Cl)c1Cl.Cl. The third-order valence-corrected chi connectivity index (χ3v) is 3.02. The molecule has 0 aliphatic heterocycles. The van der Waals surface area contributed by atoms with Gasteiger partial charge in [0, 0.05) is 11.1 Å². The highest BCUT2D eigenvalue weighted by atomic mass is 35.5. The van der Waals surface area contributed by atoms with Gasteiger partial charge in [-0.15, -0.1) is 19.0 Å². The summed E-state index contributed by atoms with van der Waals surface area (Å²) in [6.45, 7) is 5.72. The van der Waals surface area contributed by atoms with Gasteiger partial charge in [-0.05, 0) is 31.0 Å². The molecule has 0 saturated heterocycles. The third-order valence-electron chi connectivity index (χ3n) is 1.99. The van der Waals surface area contributed by atoms with Crippen LogP contribution in [-0.2, 0) is 0 Å². The number of hydrogen-bond donors (Lipinski definition) is 1. The maximum atomic E-state index is 6.04. The molecule has 2 N–H and O–H groups in total. The van der Waals surface area contributed by atoms with Crippen molar-refractivity contribution in [1.29, 1.82) is 0 Å². The molecule has 0 bridgehead atoms.